The Morgan fingerprint density at radius 3 is 2.19 bits per heavy atom. The van der Waals surface area contributed by atoms with E-state index in [1.807, 2.05) is 0 Å². The smallest absolute Gasteiger partial charge is 0.413 e. The molecule has 3 N–H and O–H groups in total. The molecule has 0 fully saturated rings. The number of hydrogen-bond acceptors (Lipinski definition) is 9. The van der Waals surface area contributed by atoms with Crippen LogP contribution in [0.1, 0.15) is 47.2 Å². The molecule has 3 aromatic rings. The summed E-state index contributed by atoms with van der Waals surface area (Å²) in [4.78, 5) is 37.1. The zero-order valence-corrected chi connectivity index (χ0v) is 22.0. The van der Waals surface area contributed by atoms with Crippen LogP contribution in [0.2, 0.25) is 0 Å². The summed E-state index contributed by atoms with van der Waals surface area (Å²) in [6.07, 6.45) is -0.197. The van der Waals surface area contributed by atoms with Gasteiger partial charge in [0.1, 0.15) is 16.9 Å². The van der Waals surface area contributed by atoms with E-state index in [4.69, 9.17) is 9.47 Å². The second-order valence-electron chi connectivity index (χ2n) is 9.78. The van der Waals surface area contributed by atoms with E-state index in [9.17, 15) is 14.0 Å². The first-order valence-electron chi connectivity index (χ1n) is 11.1. The first-order valence-corrected chi connectivity index (χ1v) is 11.9. The Kier molecular flexibility index (Phi) is 7.77. The summed E-state index contributed by atoms with van der Waals surface area (Å²) in [5, 5.41) is 8.47. The average Bonchev–Trinajstić information content (AvgIpc) is 3.06. The minimum Gasteiger partial charge on any atom is -0.444 e. The molecule has 0 aliphatic heterocycles. The summed E-state index contributed by atoms with van der Waals surface area (Å²) in [6.45, 7) is 12.3. The van der Waals surface area contributed by atoms with Gasteiger partial charge in [-0.1, -0.05) is 17.4 Å². The normalized spacial score (nSPS) is 11.6. The molecule has 36 heavy (non-hydrogen) atoms. The highest BCUT2D eigenvalue weighted by Gasteiger charge is 2.21. The maximum Gasteiger partial charge on any atom is 0.413 e. The molecule has 0 saturated heterocycles. The van der Waals surface area contributed by atoms with Crippen molar-refractivity contribution >= 4 is 46.0 Å². The molecule has 1 aromatic carbocycles. The number of rotatable bonds is 5. The van der Waals surface area contributed by atoms with Crippen molar-refractivity contribution in [2.24, 2.45) is 0 Å². The summed E-state index contributed by atoms with van der Waals surface area (Å²) in [5.41, 5.74) is 0.274. The number of anilines is 4. The van der Waals surface area contributed by atoms with E-state index in [0.29, 0.717) is 21.9 Å². The monoisotopic (exact) mass is 516 g/mol. The number of thiazole rings is 1. The molecule has 12 heteroatoms. The van der Waals surface area contributed by atoms with Crippen molar-refractivity contribution in [1.82, 2.24) is 15.0 Å². The molecule has 2 aromatic heterocycles. The molecule has 0 radical (unpaired) electrons. The van der Waals surface area contributed by atoms with Crippen LogP contribution in [0.5, 0.6) is 0 Å². The Bertz CT molecular complexity index is 1270. The Labute approximate surface area is 212 Å². The molecule has 2 heterocycles. The third-order valence-corrected chi connectivity index (χ3v) is 5.21. The van der Waals surface area contributed by atoms with Crippen molar-refractivity contribution in [2.45, 2.75) is 59.7 Å². The standard InChI is InChI=1S/C24H29FN6O4S/c1-13-18(36-20(27-13)31-22(33)35-24(5,6)7)17-16(25)12-26-19(30-17)28-14-9-8-10-15(11-14)29-21(32)34-23(2,3)4/h8-12H,1-7H3,(H,29,32)(H,26,28,30)(H,27,31,33). The van der Waals surface area contributed by atoms with Gasteiger partial charge in [-0.2, -0.15) is 0 Å². The molecule has 0 atom stereocenters. The number of aryl methyl sites for hydroxylation is 1. The van der Waals surface area contributed by atoms with Crippen molar-refractivity contribution in [3.05, 3.63) is 42.0 Å². The van der Waals surface area contributed by atoms with Crippen LogP contribution >= 0.6 is 11.3 Å². The van der Waals surface area contributed by atoms with Crippen molar-refractivity contribution in [2.75, 3.05) is 16.0 Å². The predicted octanol–water partition coefficient (Wildman–Crippen LogP) is 6.49. The van der Waals surface area contributed by atoms with Crippen molar-refractivity contribution in [1.29, 1.82) is 0 Å². The summed E-state index contributed by atoms with van der Waals surface area (Å²) in [6, 6.07) is 6.83. The van der Waals surface area contributed by atoms with Crippen LogP contribution in [-0.4, -0.2) is 38.3 Å². The minimum absolute atomic E-state index is 0.0303. The quantitative estimate of drug-likeness (QED) is 0.351. The summed E-state index contributed by atoms with van der Waals surface area (Å²) in [5.74, 6) is -0.508. The third-order valence-electron chi connectivity index (χ3n) is 4.13. The molecule has 192 valence electrons. The van der Waals surface area contributed by atoms with Crippen molar-refractivity contribution < 1.29 is 23.5 Å². The maximum absolute atomic E-state index is 14.7. The van der Waals surface area contributed by atoms with E-state index in [0.717, 1.165) is 17.5 Å². The van der Waals surface area contributed by atoms with Gasteiger partial charge in [-0.05, 0) is 66.7 Å². The maximum atomic E-state index is 14.7. The zero-order valence-electron chi connectivity index (χ0n) is 21.1. The molecular formula is C24H29FN6O4S. The molecule has 10 nitrogen and oxygen atoms in total. The fourth-order valence-electron chi connectivity index (χ4n) is 2.87. The van der Waals surface area contributed by atoms with Gasteiger partial charge in [0.2, 0.25) is 5.95 Å². The van der Waals surface area contributed by atoms with Gasteiger partial charge in [0.25, 0.3) is 0 Å². The molecular weight excluding hydrogens is 487 g/mol. The number of carbonyl (C=O) groups excluding carboxylic acids is 2. The van der Waals surface area contributed by atoms with Crippen molar-refractivity contribution in [3.8, 4) is 10.6 Å². The molecule has 3 rings (SSSR count). The van der Waals surface area contributed by atoms with Crippen LogP contribution < -0.4 is 16.0 Å². The lowest BCUT2D eigenvalue weighted by atomic mass is 10.2. The van der Waals surface area contributed by atoms with E-state index in [1.54, 1.807) is 72.7 Å². The first kappa shape index (κ1) is 26.8. The Balaban J connectivity index is 1.77. The SMILES string of the molecule is Cc1nc(NC(=O)OC(C)(C)C)sc1-c1nc(Nc2cccc(NC(=O)OC(C)(C)C)c2)ncc1F. The molecule has 0 aliphatic carbocycles. The van der Waals surface area contributed by atoms with Gasteiger partial charge in [0.15, 0.2) is 10.9 Å². The van der Waals surface area contributed by atoms with Gasteiger partial charge in [0, 0.05) is 11.4 Å². The molecule has 0 saturated carbocycles. The Morgan fingerprint density at radius 2 is 1.56 bits per heavy atom. The number of halogens is 1. The van der Waals surface area contributed by atoms with Crippen LogP contribution in [-0.2, 0) is 9.47 Å². The lowest BCUT2D eigenvalue weighted by Gasteiger charge is -2.19. The minimum atomic E-state index is -0.668. The van der Waals surface area contributed by atoms with Gasteiger partial charge in [0.05, 0.1) is 16.8 Å². The number of amides is 2. The fraction of sp³-hybridized carbons (Fsp3) is 0.375. The van der Waals surface area contributed by atoms with Gasteiger partial charge in [-0.15, -0.1) is 0 Å². The van der Waals surface area contributed by atoms with Crippen molar-refractivity contribution in [3.63, 3.8) is 0 Å². The van der Waals surface area contributed by atoms with Gasteiger partial charge in [-0.25, -0.2) is 28.9 Å². The highest BCUT2D eigenvalue weighted by molar-refractivity contribution is 7.19. The molecule has 0 unspecified atom stereocenters. The number of hydrogen-bond donors (Lipinski definition) is 3. The van der Waals surface area contributed by atoms with Crippen LogP contribution in [0, 0.1) is 12.7 Å². The number of carbonyl (C=O) groups is 2. The highest BCUT2D eigenvalue weighted by Crippen LogP contribution is 2.34. The molecule has 0 spiro atoms. The third kappa shape index (κ3) is 7.87. The largest absolute Gasteiger partial charge is 0.444 e. The number of ether oxygens (including phenoxy) is 2. The van der Waals surface area contributed by atoms with Crippen LogP contribution in [0.4, 0.5) is 36.4 Å². The van der Waals surface area contributed by atoms with E-state index < -0.39 is 29.2 Å². The van der Waals surface area contributed by atoms with Crippen LogP contribution in [0.15, 0.2) is 30.5 Å². The summed E-state index contributed by atoms with van der Waals surface area (Å²) in [7, 11) is 0. The molecule has 0 bridgehead atoms. The van der Waals surface area contributed by atoms with E-state index in [2.05, 4.69) is 30.9 Å². The summed E-state index contributed by atoms with van der Waals surface area (Å²) >= 11 is 1.07. The van der Waals surface area contributed by atoms with Crippen LogP contribution in [0.3, 0.4) is 0 Å². The Hall–Kier alpha value is -3.80. The Morgan fingerprint density at radius 1 is 0.944 bits per heavy atom. The lowest BCUT2D eigenvalue weighted by Crippen LogP contribution is -2.27. The first-order chi connectivity index (χ1) is 16.7. The topological polar surface area (TPSA) is 127 Å². The number of aromatic nitrogens is 3. The van der Waals surface area contributed by atoms with Gasteiger partial charge < -0.3 is 14.8 Å². The van der Waals surface area contributed by atoms with E-state index in [1.165, 1.54) is 0 Å². The fourth-order valence-corrected chi connectivity index (χ4v) is 3.82. The average molecular weight is 517 g/mol. The zero-order chi connectivity index (χ0) is 26.7. The van der Waals surface area contributed by atoms with E-state index in [-0.39, 0.29) is 16.8 Å². The summed E-state index contributed by atoms with van der Waals surface area (Å²) < 4.78 is 25.2. The van der Waals surface area contributed by atoms with Gasteiger partial charge >= 0.3 is 12.2 Å². The van der Waals surface area contributed by atoms with E-state index >= 15 is 0 Å². The second kappa shape index (κ2) is 10.4. The van der Waals surface area contributed by atoms with Crippen LogP contribution in [0.25, 0.3) is 10.6 Å². The molecule has 2 amide bonds. The molecule has 0 aliphatic rings. The lowest BCUT2D eigenvalue weighted by molar-refractivity contribution is 0.0624. The second-order valence-corrected chi connectivity index (χ2v) is 10.8. The number of nitrogens with one attached hydrogen (secondary N) is 3. The number of nitrogens with zero attached hydrogens (tertiary/aromatic N) is 3. The van der Waals surface area contributed by atoms with Gasteiger partial charge in [-0.3, -0.25) is 10.6 Å². The predicted molar refractivity (Wildman–Crippen MR) is 137 cm³/mol. The highest BCUT2D eigenvalue weighted by atomic mass is 32.1. The number of benzene rings is 1.